The first kappa shape index (κ1) is 5.96. The Morgan fingerprint density at radius 2 is 2.50 bits per heavy atom. The van der Waals surface area contributed by atoms with Gasteiger partial charge in [0.2, 0.25) is 0 Å². The van der Waals surface area contributed by atoms with Crippen LogP contribution < -0.4 is 0 Å². The van der Waals surface area contributed by atoms with E-state index in [-0.39, 0.29) is 0 Å². The number of hydrogen-bond donors (Lipinski definition) is 1. The number of carbonyl (C=O) groups is 1. The van der Waals surface area contributed by atoms with Gasteiger partial charge in [0.15, 0.2) is 0 Å². The average molecular weight is 138 g/mol. The van der Waals surface area contributed by atoms with Gasteiger partial charge in [-0.05, 0) is 25.2 Å². The third-order valence-electron chi connectivity index (χ3n) is 2.70. The van der Waals surface area contributed by atoms with Crippen LogP contribution in [0.15, 0.2) is 12.2 Å². The first-order valence-electron chi connectivity index (χ1n) is 3.66. The number of carboxylic acid groups (broad SMARTS) is 1. The van der Waals surface area contributed by atoms with E-state index in [4.69, 9.17) is 5.11 Å². The molecule has 0 aromatic rings. The van der Waals surface area contributed by atoms with Crippen molar-refractivity contribution < 1.29 is 9.90 Å². The third kappa shape index (κ3) is 0.564. The molecule has 0 aromatic carbocycles. The number of allylic oxidation sites excluding steroid dienone is 1. The predicted octanol–water partition coefficient (Wildman–Crippen LogP) is 1.43. The highest BCUT2D eigenvalue weighted by Gasteiger charge is 2.46. The summed E-state index contributed by atoms with van der Waals surface area (Å²) < 4.78 is 0. The average Bonchev–Trinajstić information content (AvgIpc) is 2.45. The van der Waals surface area contributed by atoms with Crippen LogP contribution in [0.2, 0.25) is 0 Å². The highest BCUT2D eigenvalue weighted by Crippen LogP contribution is 2.49. The Hall–Kier alpha value is -0.790. The fourth-order valence-corrected chi connectivity index (χ4v) is 2.02. The van der Waals surface area contributed by atoms with Crippen molar-refractivity contribution in [1.82, 2.24) is 0 Å². The Balaban J connectivity index is 2.32. The Kier molecular flexibility index (Phi) is 0.967. The van der Waals surface area contributed by atoms with Gasteiger partial charge >= 0.3 is 5.97 Å². The largest absolute Gasteiger partial charge is 0.481 e. The summed E-state index contributed by atoms with van der Waals surface area (Å²) in [5.41, 5.74) is -0.454. The lowest BCUT2D eigenvalue weighted by Crippen LogP contribution is -2.23. The molecule has 2 nitrogen and oxygen atoms in total. The van der Waals surface area contributed by atoms with Gasteiger partial charge in [0.05, 0.1) is 5.41 Å². The summed E-state index contributed by atoms with van der Waals surface area (Å²) in [6, 6.07) is 0. The molecule has 1 fully saturated rings. The zero-order valence-corrected chi connectivity index (χ0v) is 5.71. The van der Waals surface area contributed by atoms with Crippen molar-refractivity contribution in [2.75, 3.05) is 0 Å². The van der Waals surface area contributed by atoms with E-state index in [1.54, 1.807) is 0 Å². The monoisotopic (exact) mass is 138 g/mol. The molecule has 2 aliphatic rings. The van der Waals surface area contributed by atoms with Crippen molar-refractivity contribution in [1.29, 1.82) is 0 Å². The van der Waals surface area contributed by atoms with Gasteiger partial charge in [-0.1, -0.05) is 12.2 Å². The van der Waals surface area contributed by atoms with Crippen molar-refractivity contribution >= 4 is 5.97 Å². The van der Waals surface area contributed by atoms with Gasteiger partial charge in [-0.3, -0.25) is 4.79 Å². The summed E-state index contributed by atoms with van der Waals surface area (Å²) in [4.78, 5) is 10.7. The molecular weight excluding hydrogens is 128 g/mol. The highest BCUT2D eigenvalue weighted by atomic mass is 16.4. The summed E-state index contributed by atoms with van der Waals surface area (Å²) >= 11 is 0. The Morgan fingerprint density at radius 1 is 1.70 bits per heavy atom. The van der Waals surface area contributed by atoms with Crippen molar-refractivity contribution in [2.45, 2.75) is 19.3 Å². The van der Waals surface area contributed by atoms with Crippen LogP contribution in [-0.4, -0.2) is 11.1 Å². The topological polar surface area (TPSA) is 37.3 Å². The number of carboxylic acids is 1. The molecule has 2 atom stereocenters. The minimum absolute atomic E-state index is 0.454. The SMILES string of the molecule is O=C(O)C12C=C[C@H](CC1)C2. The summed E-state index contributed by atoms with van der Waals surface area (Å²) in [5, 5.41) is 8.84. The van der Waals surface area contributed by atoms with E-state index >= 15 is 0 Å². The van der Waals surface area contributed by atoms with Crippen LogP contribution >= 0.6 is 0 Å². The first-order valence-corrected chi connectivity index (χ1v) is 3.66. The number of fused-ring (bicyclic) bond motifs is 2. The summed E-state index contributed by atoms with van der Waals surface area (Å²) in [7, 11) is 0. The molecule has 2 aliphatic carbocycles. The predicted molar refractivity (Wildman–Crippen MR) is 36.5 cm³/mol. The molecule has 0 amide bonds. The van der Waals surface area contributed by atoms with Crippen LogP contribution in [0, 0.1) is 11.3 Å². The van der Waals surface area contributed by atoms with Crippen LogP contribution in [0.25, 0.3) is 0 Å². The van der Waals surface area contributed by atoms with E-state index in [1.807, 2.05) is 6.08 Å². The maximum atomic E-state index is 10.7. The number of rotatable bonds is 1. The fourth-order valence-electron chi connectivity index (χ4n) is 2.02. The van der Waals surface area contributed by atoms with Crippen LogP contribution in [-0.2, 0) is 4.79 Å². The van der Waals surface area contributed by atoms with Gasteiger partial charge in [0.1, 0.15) is 0 Å². The Bertz CT molecular complexity index is 207. The standard InChI is InChI=1S/C8H10O2/c9-7(10)8-3-1-6(5-8)2-4-8/h1,3,6H,2,4-5H2,(H,9,10)/t6-,8?/m1/s1. The molecule has 1 unspecified atom stereocenters. The highest BCUT2D eigenvalue weighted by molar-refractivity contribution is 5.78. The van der Waals surface area contributed by atoms with Gasteiger partial charge in [-0.2, -0.15) is 0 Å². The van der Waals surface area contributed by atoms with Crippen molar-refractivity contribution in [3.05, 3.63) is 12.2 Å². The second-order valence-corrected chi connectivity index (χ2v) is 3.32. The van der Waals surface area contributed by atoms with E-state index in [2.05, 4.69) is 6.08 Å². The van der Waals surface area contributed by atoms with Crippen LogP contribution in [0.4, 0.5) is 0 Å². The summed E-state index contributed by atoms with van der Waals surface area (Å²) in [6.07, 6.45) is 6.70. The van der Waals surface area contributed by atoms with E-state index in [1.165, 1.54) is 0 Å². The van der Waals surface area contributed by atoms with E-state index in [0.29, 0.717) is 5.92 Å². The quantitative estimate of drug-likeness (QED) is 0.556. The van der Waals surface area contributed by atoms with Gasteiger partial charge in [0, 0.05) is 0 Å². The lowest BCUT2D eigenvalue weighted by Gasteiger charge is -2.15. The molecular formula is C8H10O2. The summed E-state index contributed by atoms with van der Waals surface area (Å²) in [6.45, 7) is 0. The molecule has 0 spiro atoms. The van der Waals surface area contributed by atoms with E-state index in [9.17, 15) is 4.79 Å². The Labute approximate surface area is 59.5 Å². The van der Waals surface area contributed by atoms with Crippen LogP contribution in [0.5, 0.6) is 0 Å². The van der Waals surface area contributed by atoms with Gasteiger partial charge in [-0.25, -0.2) is 0 Å². The molecule has 0 saturated heterocycles. The van der Waals surface area contributed by atoms with Crippen molar-refractivity contribution in [2.24, 2.45) is 11.3 Å². The first-order chi connectivity index (χ1) is 4.73. The zero-order chi connectivity index (χ0) is 7.19. The van der Waals surface area contributed by atoms with Gasteiger partial charge in [-0.15, -0.1) is 0 Å². The van der Waals surface area contributed by atoms with Gasteiger partial charge < -0.3 is 5.11 Å². The molecule has 1 saturated carbocycles. The van der Waals surface area contributed by atoms with Crippen molar-refractivity contribution in [3.8, 4) is 0 Å². The molecule has 54 valence electrons. The van der Waals surface area contributed by atoms with Crippen LogP contribution in [0.1, 0.15) is 19.3 Å². The molecule has 0 aliphatic heterocycles. The van der Waals surface area contributed by atoms with Gasteiger partial charge in [0.25, 0.3) is 0 Å². The molecule has 2 rings (SSSR count). The summed E-state index contributed by atoms with van der Waals surface area (Å²) in [5.74, 6) is -0.0696. The molecule has 10 heavy (non-hydrogen) atoms. The lowest BCUT2D eigenvalue weighted by molar-refractivity contribution is -0.145. The normalized spacial score (nSPS) is 42.6. The third-order valence-corrected chi connectivity index (χ3v) is 2.70. The van der Waals surface area contributed by atoms with E-state index < -0.39 is 11.4 Å². The maximum Gasteiger partial charge on any atom is 0.313 e. The maximum absolute atomic E-state index is 10.7. The Morgan fingerprint density at radius 3 is 2.70 bits per heavy atom. The van der Waals surface area contributed by atoms with Crippen LogP contribution in [0.3, 0.4) is 0 Å². The fraction of sp³-hybridized carbons (Fsp3) is 0.625. The molecule has 2 bridgehead atoms. The van der Waals surface area contributed by atoms with Crippen molar-refractivity contribution in [3.63, 3.8) is 0 Å². The van der Waals surface area contributed by atoms with E-state index in [0.717, 1.165) is 19.3 Å². The second-order valence-electron chi connectivity index (χ2n) is 3.32. The minimum Gasteiger partial charge on any atom is -0.481 e. The smallest absolute Gasteiger partial charge is 0.313 e. The molecule has 0 heterocycles. The minimum atomic E-state index is -0.635. The number of aliphatic carboxylic acids is 1. The molecule has 0 aromatic heterocycles. The molecule has 2 heteroatoms. The lowest BCUT2D eigenvalue weighted by atomic mass is 9.88. The molecule has 0 radical (unpaired) electrons. The molecule has 1 N–H and O–H groups in total. The number of hydrogen-bond acceptors (Lipinski definition) is 1. The zero-order valence-electron chi connectivity index (χ0n) is 5.71. The second kappa shape index (κ2) is 1.62.